The Bertz CT molecular complexity index is 833. The summed E-state index contributed by atoms with van der Waals surface area (Å²) in [6, 6.07) is 0.568. The fourth-order valence-electron chi connectivity index (χ4n) is 7.92. The van der Waals surface area contributed by atoms with Crippen molar-refractivity contribution in [2.75, 3.05) is 26.3 Å². The van der Waals surface area contributed by atoms with Gasteiger partial charge in [-0.25, -0.2) is 0 Å². The highest BCUT2D eigenvalue weighted by molar-refractivity contribution is 5.69. The molecule has 0 radical (unpaired) electrons. The molecule has 0 aliphatic heterocycles. The van der Waals surface area contributed by atoms with Crippen LogP contribution in [0.2, 0.25) is 0 Å². The third-order valence-electron chi connectivity index (χ3n) is 12.0. The van der Waals surface area contributed by atoms with E-state index in [9.17, 15) is 19.5 Å². The normalized spacial score (nSPS) is 13.2. The number of unbranched alkanes of at least 4 members (excludes halogenated alkanes) is 19. The number of esters is 2. The number of carboxylic acid groups (broad SMARTS) is 1. The van der Waals surface area contributed by atoms with E-state index in [-0.39, 0.29) is 18.4 Å². The van der Waals surface area contributed by atoms with E-state index in [4.69, 9.17) is 9.47 Å². The van der Waals surface area contributed by atoms with E-state index in [2.05, 4.69) is 39.5 Å². The Labute approximate surface area is 348 Å². The molecular formula is C49H95NO6. The molecule has 0 aliphatic rings. The third-order valence-corrected chi connectivity index (χ3v) is 12.0. The topological polar surface area (TPSA) is 93.1 Å². The van der Waals surface area contributed by atoms with Crippen LogP contribution in [-0.4, -0.2) is 60.3 Å². The van der Waals surface area contributed by atoms with Crippen LogP contribution < -0.4 is 0 Å². The number of aliphatic carboxylic acids is 1. The van der Waals surface area contributed by atoms with Gasteiger partial charge in [0.2, 0.25) is 0 Å². The Morgan fingerprint density at radius 2 is 0.786 bits per heavy atom. The Balaban J connectivity index is 4.81. The summed E-state index contributed by atoms with van der Waals surface area (Å²) in [5, 5.41) is 9.24. The molecule has 1 N–H and O–H groups in total. The molecule has 56 heavy (non-hydrogen) atoms. The zero-order valence-electron chi connectivity index (χ0n) is 38.0. The second-order valence-corrected chi connectivity index (χ2v) is 17.2. The van der Waals surface area contributed by atoms with E-state index in [1.165, 1.54) is 135 Å². The van der Waals surface area contributed by atoms with E-state index in [0.29, 0.717) is 43.9 Å². The molecule has 0 fully saturated rings. The average Bonchev–Trinajstić information content (AvgIpc) is 3.19. The number of hydrogen-bond donors (Lipinski definition) is 1. The Morgan fingerprint density at radius 1 is 0.429 bits per heavy atom. The van der Waals surface area contributed by atoms with Gasteiger partial charge in [0.25, 0.3) is 0 Å². The molecule has 0 saturated carbocycles. The molecule has 7 heteroatoms. The fraction of sp³-hybridized carbons (Fsp3) is 0.939. The molecule has 332 valence electrons. The smallest absolute Gasteiger partial charge is 0.305 e. The van der Waals surface area contributed by atoms with E-state index in [0.717, 1.165) is 77.3 Å². The lowest BCUT2D eigenvalue weighted by Gasteiger charge is -2.32. The number of hydrogen-bond acceptors (Lipinski definition) is 6. The van der Waals surface area contributed by atoms with Crippen molar-refractivity contribution in [3.05, 3.63) is 0 Å². The van der Waals surface area contributed by atoms with Gasteiger partial charge < -0.3 is 19.5 Å². The highest BCUT2D eigenvalue weighted by Gasteiger charge is 2.18. The van der Waals surface area contributed by atoms with Crippen molar-refractivity contribution in [1.29, 1.82) is 0 Å². The summed E-state index contributed by atoms with van der Waals surface area (Å²) in [6.07, 6.45) is 37.8. The van der Waals surface area contributed by atoms with Crippen LogP contribution in [0.5, 0.6) is 0 Å². The molecule has 0 saturated heterocycles. The highest BCUT2D eigenvalue weighted by Crippen LogP contribution is 2.22. The molecule has 0 aromatic rings. The summed E-state index contributed by atoms with van der Waals surface area (Å²) in [4.78, 5) is 38.6. The quantitative estimate of drug-likeness (QED) is 0.0485. The van der Waals surface area contributed by atoms with E-state index in [1.807, 2.05) is 0 Å². The van der Waals surface area contributed by atoms with Gasteiger partial charge in [-0.2, -0.15) is 0 Å². The number of rotatable bonds is 44. The Morgan fingerprint density at radius 3 is 1.20 bits per heavy atom. The Hall–Kier alpha value is -1.63. The van der Waals surface area contributed by atoms with Gasteiger partial charge in [-0.3, -0.25) is 14.4 Å². The summed E-state index contributed by atoms with van der Waals surface area (Å²) in [6.45, 7) is 14.4. The third kappa shape index (κ3) is 35.5. The van der Waals surface area contributed by atoms with Gasteiger partial charge >= 0.3 is 17.9 Å². The van der Waals surface area contributed by atoms with Crippen molar-refractivity contribution in [2.24, 2.45) is 11.8 Å². The minimum Gasteiger partial charge on any atom is -0.481 e. The van der Waals surface area contributed by atoms with Gasteiger partial charge in [-0.05, 0) is 82.7 Å². The first-order valence-electron chi connectivity index (χ1n) is 24.6. The van der Waals surface area contributed by atoms with Crippen LogP contribution in [0.4, 0.5) is 0 Å². The van der Waals surface area contributed by atoms with Crippen LogP contribution in [0.15, 0.2) is 0 Å². The summed E-state index contributed by atoms with van der Waals surface area (Å²) in [5.41, 5.74) is 0. The maximum Gasteiger partial charge on any atom is 0.305 e. The molecule has 0 spiro atoms. The largest absolute Gasteiger partial charge is 0.481 e. The molecular weight excluding hydrogens is 699 g/mol. The molecule has 2 atom stereocenters. The maximum atomic E-state index is 12.3. The van der Waals surface area contributed by atoms with Gasteiger partial charge in [0.1, 0.15) is 0 Å². The molecule has 0 aromatic heterocycles. The lowest BCUT2D eigenvalue weighted by Crippen LogP contribution is -2.37. The SMILES string of the molecule is CCCCCCCCCN(CCCCC(=O)O)C(CCCCCCCCC(=O)OCC(CC)CCCC)CCCCCCCCC(=O)OCC(CC)CCCC. The number of ether oxygens (including phenoxy) is 2. The van der Waals surface area contributed by atoms with Crippen molar-refractivity contribution in [3.63, 3.8) is 0 Å². The van der Waals surface area contributed by atoms with Gasteiger partial charge in [0, 0.05) is 25.3 Å². The van der Waals surface area contributed by atoms with Crippen LogP contribution >= 0.6 is 0 Å². The summed E-state index contributed by atoms with van der Waals surface area (Å²) < 4.78 is 11.2. The van der Waals surface area contributed by atoms with Crippen LogP contribution in [0.3, 0.4) is 0 Å². The zero-order valence-corrected chi connectivity index (χ0v) is 38.0. The molecule has 2 unspecified atom stereocenters. The average molecular weight is 794 g/mol. The predicted octanol–water partition coefficient (Wildman–Crippen LogP) is 14.4. The van der Waals surface area contributed by atoms with Crippen molar-refractivity contribution in [3.8, 4) is 0 Å². The maximum absolute atomic E-state index is 12.3. The van der Waals surface area contributed by atoms with Crippen molar-refractivity contribution >= 4 is 17.9 Å². The fourth-order valence-corrected chi connectivity index (χ4v) is 7.92. The van der Waals surface area contributed by atoms with Crippen molar-refractivity contribution in [2.45, 2.75) is 259 Å². The van der Waals surface area contributed by atoms with Gasteiger partial charge in [-0.15, -0.1) is 0 Å². The predicted molar refractivity (Wildman–Crippen MR) is 237 cm³/mol. The minimum atomic E-state index is -0.686. The molecule has 0 aromatic carbocycles. The second-order valence-electron chi connectivity index (χ2n) is 17.2. The van der Waals surface area contributed by atoms with E-state index < -0.39 is 5.97 Å². The standard InChI is InChI=1S/C49H95NO6/c1-6-11-14-15-20-25-31-40-50(41-32-30-37-47(51)52)46(35-26-21-16-18-23-28-38-48(53)55-42-44(9-4)33-12-7-2)36-27-22-17-19-24-29-39-49(54)56-43-45(10-5)34-13-8-3/h44-46H,6-43H2,1-5H3,(H,51,52). The second kappa shape index (κ2) is 41.5. The number of nitrogens with zero attached hydrogens (tertiary/aromatic N) is 1. The molecule has 0 heterocycles. The van der Waals surface area contributed by atoms with Crippen LogP contribution in [0, 0.1) is 11.8 Å². The van der Waals surface area contributed by atoms with Crippen LogP contribution in [-0.2, 0) is 23.9 Å². The van der Waals surface area contributed by atoms with E-state index >= 15 is 0 Å². The molecule has 0 aliphatic carbocycles. The van der Waals surface area contributed by atoms with Crippen molar-refractivity contribution < 1.29 is 29.0 Å². The lowest BCUT2D eigenvalue weighted by molar-refractivity contribution is -0.146. The molecule has 0 amide bonds. The van der Waals surface area contributed by atoms with E-state index in [1.54, 1.807) is 0 Å². The molecule has 0 bridgehead atoms. The van der Waals surface area contributed by atoms with Gasteiger partial charge in [-0.1, -0.05) is 176 Å². The first kappa shape index (κ1) is 54.4. The van der Waals surface area contributed by atoms with Crippen molar-refractivity contribution in [1.82, 2.24) is 4.90 Å². The number of carbonyl (C=O) groups excluding carboxylic acids is 2. The van der Waals surface area contributed by atoms with Gasteiger partial charge in [0.15, 0.2) is 0 Å². The summed E-state index contributed by atoms with van der Waals surface area (Å²) in [7, 11) is 0. The minimum absolute atomic E-state index is 0.0227. The molecule has 0 rings (SSSR count). The Kier molecular flexibility index (Phi) is 40.3. The van der Waals surface area contributed by atoms with Crippen LogP contribution in [0.25, 0.3) is 0 Å². The number of carbonyl (C=O) groups is 3. The van der Waals surface area contributed by atoms with Crippen LogP contribution in [0.1, 0.15) is 253 Å². The summed E-state index contributed by atoms with van der Waals surface area (Å²) in [5.74, 6) is 0.280. The number of carboxylic acids is 1. The zero-order chi connectivity index (χ0) is 41.3. The van der Waals surface area contributed by atoms with Gasteiger partial charge in [0.05, 0.1) is 13.2 Å². The monoisotopic (exact) mass is 794 g/mol. The highest BCUT2D eigenvalue weighted by atomic mass is 16.5. The molecule has 7 nitrogen and oxygen atoms in total. The first-order chi connectivity index (χ1) is 27.3. The summed E-state index contributed by atoms with van der Waals surface area (Å²) >= 11 is 0. The lowest BCUT2D eigenvalue weighted by atomic mass is 9.97. The first-order valence-corrected chi connectivity index (χ1v) is 24.6.